The molecule has 0 atom stereocenters. The maximum atomic E-state index is 5.87. The van der Waals surface area contributed by atoms with Crippen LogP contribution < -0.4 is 5.73 Å². The monoisotopic (exact) mass is 341 g/mol. The molecule has 0 aliphatic carbocycles. The van der Waals surface area contributed by atoms with E-state index in [1.165, 1.54) is 0 Å². The van der Waals surface area contributed by atoms with Gasteiger partial charge in [-0.15, -0.1) is 5.10 Å². The third kappa shape index (κ3) is 3.53. The Balaban J connectivity index is 2.06. The molecule has 0 radical (unpaired) electrons. The highest BCUT2D eigenvalue weighted by Gasteiger charge is 2.13. The molecule has 108 valence electrons. The largest absolute Gasteiger partial charge is 0.398 e. The highest BCUT2D eigenvalue weighted by atomic mass is 79.9. The van der Waals surface area contributed by atoms with Crippen molar-refractivity contribution in [1.82, 2.24) is 20.2 Å². The molecule has 7 nitrogen and oxygen atoms in total. The summed E-state index contributed by atoms with van der Waals surface area (Å²) in [4.78, 5) is 0. The summed E-state index contributed by atoms with van der Waals surface area (Å²) in [6.07, 6.45) is 0. The fourth-order valence-electron chi connectivity index (χ4n) is 1.67. The van der Waals surface area contributed by atoms with Crippen LogP contribution in [0.4, 0.5) is 5.69 Å². The maximum Gasteiger partial charge on any atom is 0.183 e. The topological polar surface area (TPSA) is 88.1 Å². The van der Waals surface area contributed by atoms with Crippen molar-refractivity contribution in [2.45, 2.75) is 6.54 Å². The van der Waals surface area contributed by atoms with E-state index in [1.54, 1.807) is 11.8 Å². The summed E-state index contributed by atoms with van der Waals surface area (Å²) in [5, 5.41) is 11.7. The molecule has 0 amide bonds. The normalized spacial score (nSPS) is 10.9. The minimum absolute atomic E-state index is 0.515. The number of nitrogens with zero attached hydrogens (tertiary/aromatic N) is 4. The second-order valence-corrected chi connectivity index (χ2v) is 4.83. The van der Waals surface area contributed by atoms with Crippen LogP contribution >= 0.6 is 15.9 Å². The van der Waals surface area contributed by atoms with Crippen LogP contribution in [0, 0.1) is 0 Å². The molecule has 0 saturated carbocycles. The van der Waals surface area contributed by atoms with Gasteiger partial charge in [0.25, 0.3) is 0 Å². The number of nitrogens with two attached hydrogens (primary N) is 1. The number of ether oxygens (including phenoxy) is 2. The van der Waals surface area contributed by atoms with Gasteiger partial charge in [0, 0.05) is 18.4 Å². The van der Waals surface area contributed by atoms with Crippen LogP contribution in [0.15, 0.2) is 22.7 Å². The van der Waals surface area contributed by atoms with Crippen LogP contribution in [-0.4, -0.2) is 47.1 Å². The quantitative estimate of drug-likeness (QED) is 0.604. The molecule has 0 saturated heterocycles. The van der Waals surface area contributed by atoms with Gasteiger partial charge in [-0.05, 0) is 38.5 Å². The van der Waals surface area contributed by atoms with Gasteiger partial charge in [0.2, 0.25) is 0 Å². The van der Waals surface area contributed by atoms with E-state index in [4.69, 9.17) is 15.2 Å². The van der Waals surface area contributed by atoms with E-state index in [-0.39, 0.29) is 0 Å². The van der Waals surface area contributed by atoms with Gasteiger partial charge in [0.1, 0.15) is 0 Å². The zero-order valence-electron chi connectivity index (χ0n) is 11.1. The molecule has 2 N–H and O–H groups in total. The van der Waals surface area contributed by atoms with Crippen LogP contribution in [-0.2, 0) is 16.0 Å². The lowest BCUT2D eigenvalue weighted by atomic mass is 10.2. The molecule has 0 unspecified atom stereocenters. The first-order valence-electron chi connectivity index (χ1n) is 6.11. The van der Waals surface area contributed by atoms with E-state index in [0.717, 1.165) is 10.0 Å². The van der Waals surface area contributed by atoms with Gasteiger partial charge in [-0.1, -0.05) is 6.07 Å². The molecule has 1 aromatic carbocycles. The van der Waals surface area contributed by atoms with Crippen LogP contribution in [0.5, 0.6) is 0 Å². The van der Waals surface area contributed by atoms with Crippen molar-refractivity contribution in [1.29, 1.82) is 0 Å². The van der Waals surface area contributed by atoms with E-state index in [0.29, 0.717) is 37.9 Å². The number of benzene rings is 1. The number of hydrogen-bond donors (Lipinski definition) is 1. The minimum Gasteiger partial charge on any atom is -0.398 e. The van der Waals surface area contributed by atoms with E-state index in [2.05, 4.69) is 31.5 Å². The standard InChI is InChI=1S/C12H16BrN5O2/c1-19-7-8-20-6-5-18-12(15-16-17-18)9-3-2-4-10(14)11(9)13/h2-4H,5-8,14H2,1H3. The predicted octanol–water partition coefficient (Wildman–Crippen LogP) is 1.35. The average molecular weight is 342 g/mol. The van der Waals surface area contributed by atoms with Crippen molar-refractivity contribution in [2.24, 2.45) is 0 Å². The average Bonchev–Trinajstić information content (AvgIpc) is 2.90. The molecule has 0 bridgehead atoms. The fourth-order valence-corrected chi connectivity index (χ4v) is 2.11. The van der Waals surface area contributed by atoms with Crippen molar-refractivity contribution < 1.29 is 9.47 Å². The van der Waals surface area contributed by atoms with Gasteiger partial charge >= 0.3 is 0 Å². The Labute approximate surface area is 125 Å². The highest BCUT2D eigenvalue weighted by Crippen LogP contribution is 2.30. The van der Waals surface area contributed by atoms with Crippen LogP contribution in [0.2, 0.25) is 0 Å². The number of halogens is 1. The van der Waals surface area contributed by atoms with Crippen LogP contribution in [0.25, 0.3) is 11.4 Å². The third-order valence-corrected chi connectivity index (χ3v) is 3.57. The zero-order valence-corrected chi connectivity index (χ0v) is 12.7. The number of rotatable bonds is 7. The molecule has 2 aromatic rings. The molecule has 0 aliphatic rings. The first-order chi connectivity index (χ1) is 9.74. The lowest BCUT2D eigenvalue weighted by Crippen LogP contribution is -2.11. The number of anilines is 1. The summed E-state index contributed by atoms with van der Waals surface area (Å²) in [6, 6.07) is 5.59. The first-order valence-corrected chi connectivity index (χ1v) is 6.90. The van der Waals surface area contributed by atoms with Crippen molar-refractivity contribution >= 4 is 21.6 Å². The molecule has 20 heavy (non-hydrogen) atoms. The predicted molar refractivity (Wildman–Crippen MR) is 78.1 cm³/mol. The summed E-state index contributed by atoms with van der Waals surface area (Å²) < 4.78 is 12.8. The Morgan fingerprint density at radius 3 is 2.95 bits per heavy atom. The number of tetrazole rings is 1. The van der Waals surface area contributed by atoms with Crippen molar-refractivity contribution in [2.75, 3.05) is 32.7 Å². The van der Waals surface area contributed by atoms with Gasteiger partial charge in [-0.25, -0.2) is 4.68 Å². The number of hydrogen-bond acceptors (Lipinski definition) is 6. The Morgan fingerprint density at radius 1 is 1.30 bits per heavy atom. The summed E-state index contributed by atoms with van der Waals surface area (Å²) in [5.74, 6) is 0.652. The summed E-state index contributed by atoms with van der Waals surface area (Å²) >= 11 is 3.46. The number of methoxy groups -OCH3 is 1. The van der Waals surface area contributed by atoms with Gasteiger partial charge in [-0.3, -0.25) is 0 Å². The van der Waals surface area contributed by atoms with Gasteiger partial charge in [-0.2, -0.15) is 0 Å². The Morgan fingerprint density at radius 2 is 2.15 bits per heavy atom. The molecular formula is C12H16BrN5O2. The SMILES string of the molecule is COCCOCCn1nnnc1-c1cccc(N)c1Br. The number of nitrogen functional groups attached to an aromatic ring is 1. The minimum atomic E-state index is 0.515. The van der Waals surface area contributed by atoms with Crippen molar-refractivity contribution in [3.8, 4) is 11.4 Å². The van der Waals surface area contributed by atoms with E-state index < -0.39 is 0 Å². The van der Waals surface area contributed by atoms with E-state index in [9.17, 15) is 0 Å². The second kappa shape index (κ2) is 7.32. The Bertz CT molecular complexity index is 561. The Hall–Kier alpha value is -1.51. The summed E-state index contributed by atoms with van der Waals surface area (Å²) in [5.41, 5.74) is 7.37. The second-order valence-electron chi connectivity index (χ2n) is 4.04. The first kappa shape index (κ1) is 14.9. The van der Waals surface area contributed by atoms with Gasteiger partial charge in [0.05, 0.1) is 30.8 Å². The number of aromatic nitrogens is 4. The Kier molecular flexibility index (Phi) is 5.45. The smallest absolute Gasteiger partial charge is 0.183 e. The highest BCUT2D eigenvalue weighted by molar-refractivity contribution is 9.10. The molecule has 8 heteroatoms. The zero-order chi connectivity index (χ0) is 14.4. The van der Waals surface area contributed by atoms with Crippen LogP contribution in [0.3, 0.4) is 0 Å². The summed E-state index contributed by atoms with van der Waals surface area (Å²) in [6.45, 7) is 2.20. The lowest BCUT2D eigenvalue weighted by molar-refractivity contribution is 0.0654. The van der Waals surface area contributed by atoms with Crippen molar-refractivity contribution in [3.05, 3.63) is 22.7 Å². The van der Waals surface area contributed by atoms with Gasteiger partial charge in [0.15, 0.2) is 5.82 Å². The third-order valence-electron chi connectivity index (χ3n) is 2.68. The molecule has 0 aliphatic heterocycles. The van der Waals surface area contributed by atoms with Crippen LogP contribution in [0.1, 0.15) is 0 Å². The lowest BCUT2D eigenvalue weighted by Gasteiger charge is -2.08. The molecule has 1 heterocycles. The van der Waals surface area contributed by atoms with E-state index in [1.807, 2.05) is 18.2 Å². The van der Waals surface area contributed by atoms with E-state index >= 15 is 0 Å². The van der Waals surface area contributed by atoms with Crippen molar-refractivity contribution in [3.63, 3.8) is 0 Å². The van der Waals surface area contributed by atoms with Gasteiger partial charge < -0.3 is 15.2 Å². The summed E-state index contributed by atoms with van der Waals surface area (Å²) in [7, 11) is 1.64. The molecule has 0 spiro atoms. The molecular weight excluding hydrogens is 326 g/mol. The maximum absolute atomic E-state index is 5.87. The molecule has 1 aromatic heterocycles. The molecule has 2 rings (SSSR count). The fraction of sp³-hybridized carbons (Fsp3) is 0.417. The molecule has 0 fully saturated rings.